The van der Waals surface area contributed by atoms with Gasteiger partial charge in [-0.15, -0.1) is 0 Å². The number of esters is 1. The first-order valence-corrected chi connectivity index (χ1v) is 20.6. The largest absolute Gasteiger partial charge is 0.478 e. The number of nitrogens with one attached hydrogen (secondary N) is 2. The number of carbonyl (C=O) groups excluding carboxylic acids is 1. The van der Waals surface area contributed by atoms with Crippen LogP contribution in [-0.2, 0) is 14.2 Å². The third-order valence-corrected chi connectivity index (χ3v) is 11.2. The number of carboxylic acid groups (broad SMARTS) is 1. The fourth-order valence-corrected chi connectivity index (χ4v) is 7.63. The van der Waals surface area contributed by atoms with Crippen molar-refractivity contribution < 1.29 is 46.5 Å². The van der Waals surface area contributed by atoms with Gasteiger partial charge in [0.25, 0.3) is 0 Å². The van der Waals surface area contributed by atoms with Crippen molar-refractivity contribution in [3.8, 4) is 0 Å². The Morgan fingerprint density at radius 1 is 0.683 bits per heavy atom. The molecule has 63 heavy (non-hydrogen) atoms. The summed E-state index contributed by atoms with van der Waals surface area (Å²) in [5, 5.41) is 15.9. The average Bonchev–Trinajstić information content (AvgIpc) is 3.29. The number of morpholine rings is 2. The predicted molar refractivity (Wildman–Crippen MR) is 236 cm³/mol. The van der Waals surface area contributed by atoms with Crippen molar-refractivity contribution in [1.29, 1.82) is 0 Å². The molecule has 0 amide bonds. The van der Waals surface area contributed by atoms with Gasteiger partial charge in [0.15, 0.2) is 34.3 Å². The van der Waals surface area contributed by atoms with Gasteiger partial charge in [0.1, 0.15) is 11.2 Å². The molecular formula is C45H42Cl2F2N4O10. The van der Waals surface area contributed by atoms with E-state index in [9.17, 15) is 33.1 Å². The van der Waals surface area contributed by atoms with Gasteiger partial charge in [-0.05, 0) is 62.4 Å². The van der Waals surface area contributed by atoms with Crippen LogP contribution in [0, 0.1) is 11.6 Å². The molecule has 2 aliphatic heterocycles. The Morgan fingerprint density at radius 3 is 1.51 bits per heavy atom. The molecular weight excluding hydrogens is 865 g/mol. The Morgan fingerprint density at radius 2 is 1.10 bits per heavy atom. The average molecular weight is 908 g/mol. The molecule has 8 rings (SSSR count). The molecule has 14 nitrogen and oxygen atoms in total. The Bertz CT molecular complexity index is 2810. The van der Waals surface area contributed by atoms with Crippen LogP contribution >= 0.6 is 23.2 Å². The summed E-state index contributed by atoms with van der Waals surface area (Å²) in [6, 6.07) is 16.6. The molecule has 2 fully saturated rings. The number of hydrogen-bond donors (Lipinski definition) is 3. The van der Waals surface area contributed by atoms with Crippen LogP contribution in [0.25, 0.3) is 21.9 Å². The highest BCUT2D eigenvalue weighted by Gasteiger charge is 2.24. The molecule has 0 aliphatic carbocycles. The van der Waals surface area contributed by atoms with Crippen LogP contribution in [0.2, 0.25) is 10.0 Å². The molecule has 0 saturated carbocycles. The molecule has 2 unspecified atom stereocenters. The Hall–Kier alpha value is -6.20. The third kappa shape index (κ3) is 9.89. The highest BCUT2D eigenvalue weighted by atomic mass is 35.5. The summed E-state index contributed by atoms with van der Waals surface area (Å²) in [7, 11) is 1.26. The lowest BCUT2D eigenvalue weighted by Gasteiger charge is -2.27. The van der Waals surface area contributed by atoms with Crippen LogP contribution in [0.3, 0.4) is 0 Å². The van der Waals surface area contributed by atoms with E-state index in [4.69, 9.17) is 46.2 Å². The topological polar surface area (TPSA) is 173 Å². The van der Waals surface area contributed by atoms with Crippen molar-refractivity contribution in [3.05, 3.63) is 137 Å². The van der Waals surface area contributed by atoms with Crippen molar-refractivity contribution in [1.82, 2.24) is 0 Å². The van der Waals surface area contributed by atoms with Crippen molar-refractivity contribution in [2.24, 2.45) is 0 Å². The maximum absolute atomic E-state index is 14.5. The number of carbonyl (C=O) groups is 2. The molecule has 0 radical (unpaired) electrons. The lowest BCUT2D eigenvalue weighted by atomic mass is 10.0. The zero-order chi connectivity index (χ0) is 44.9. The predicted octanol–water partition coefficient (Wildman–Crippen LogP) is 8.68. The summed E-state index contributed by atoms with van der Waals surface area (Å²) in [6.45, 7) is 7.90. The SMILES string of the molecule is CC(Nc1cccc(Cl)c1F)c1cc(C(=O)O)cc2c(=O)cc(N3CCOCC3)oc12.COC(=O)c1cc(C(C)Nc2cccc(Cl)c2F)c2oc(N3CCOCC3)cc(=O)c2c1. The molecule has 18 heteroatoms. The quantitative estimate of drug-likeness (QED) is 0.111. The van der Waals surface area contributed by atoms with E-state index in [0.717, 1.165) is 0 Å². The smallest absolute Gasteiger partial charge is 0.337 e. The van der Waals surface area contributed by atoms with E-state index in [1.54, 1.807) is 38.1 Å². The van der Waals surface area contributed by atoms with Crippen molar-refractivity contribution in [2.75, 3.05) is 80.1 Å². The number of ether oxygens (including phenoxy) is 3. The molecule has 0 bridgehead atoms. The van der Waals surface area contributed by atoms with Crippen molar-refractivity contribution >= 4 is 80.2 Å². The minimum absolute atomic E-state index is 0.0171. The number of nitrogens with zero attached hydrogens (tertiary/aromatic N) is 2. The highest BCUT2D eigenvalue weighted by molar-refractivity contribution is 6.31. The zero-order valence-corrected chi connectivity index (χ0v) is 35.8. The number of carboxylic acids is 1. The van der Waals surface area contributed by atoms with Crippen LogP contribution in [0.5, 0.6) is 0 Å². The third-order valence-electron chi connectivity index (χ3n) is 10.6. The van der Waals surface area contributed by atoms with E-state index in [0.29, 0.717) is 81.1 Å². The molecule has 0 spiro atoms. The summed E-state index contributed by atoms with van der Waals surface area (Å²) in [4.78, 5) is 53.5. The first-order chi connectivity index (χ1) is 30.2. The molecule has 2 aromatic heterocycles. The van der Waals surface area contributed by atoms with E-state index >= 15 is 0 Å². The van der Waals surface area contributed by atoms with Crippen LogP contribution in [0.1, 0.15) is 57.8 Å². The van der Waals surface area contributed by atoms with Gasteiger partial charge >= 0.3 is 11.9 Å². The zero-order valence-electron chi connectivity index (χ0n) is 34.3. The summed E-state index contributed by atoms with van der Waals surface area (Å²) < 4.78 is 56.6. The molecule has 4 heterocycles. The number of hydrogen-bond acceptors (Lipinski definition) is 13. The molecule has 330 valence electrons. The number of methoxy groups -OCH3 is 1. The Kier molecular flexibility index (Phi) is 13.9. The van der Waals surface area contributed by atoms with E-state index < -0.39 is 35.7 Å². The molecule has 2 aliphatic rings. The van der Waals surface area contributed by atoms with Gasteiger partial charge in [0.2, 0.25) is 0 Å². The second-order valence-corrected chi connectivity index (χ2v) is 15.5. The molecule has 4 aromatic carbocycles. The van der Waals surface area contributed by atoms with Crippen LogP contribution in [0.15, 0.2) is 91.2 Å². The van der Waals surface area contributed by atoms with Gasteiger partial charge in [-0.1, -0.05) is 35.3 Å². The Labute approximate surface area is 368 Å². The minimum Gasteiger partial charge on any atom is -0.478 e. The van der Waals surface area contributed by atoms with Gasteiger partial charge < -0.3 is 48.6 Å². The van der Waals surface area contributed by atoms with Gasteiger partial charge in [0.05, 0.1) is 88.9 Å². The summed E-state index contributed by atoms with van der Waals surface area (Å²) >= 11 is 11.8. The van der Waals surface area contributed by atoms with E-state index in [2.05, 4.69) is 10.6 Å². The number of anilines is 4. The molecule has 2 saturated heterocycles. The molecule has 6 aromatic rings. The van der Waals surface area contributed by atoms with E-state index in [1.165, 1.54) is 55.6 Å². The van der Waals surface area contributed by atoms with Crippen molar-refractivity contribution in [3.63, 3.8) is 0 Å². The van der Waals surface area contributed by atoms with Crippen LogP contribution in [-0.4, -0.2) is 76.8 Å². The van der Waals surface area contributed by atoms with Gasteiger partial charge in [0, 0.05) is 49.4 Å². The standard InChI is InChI=1S/C23H22ClFN2O5.C22H20ClFN2O5/c1-13(26-18-5-3-4-17(24)21(18)25)15-10-14(23(29)30-2)11-16-19(28)12-20(32-22(15)16)27-6-8-31-9-7-27;1-12(25-17-4-2-3-16(23)20(17)24)14-9-13(22(28)29)10-15-18(27)11-19(31-21(14)15)26-5-7-30-8-6-26/h3-5,10-13,26H,6-9H2,1-2H3;2-4,9-12,25H,5-8H2,1H3,(H,28,29). The van der Waals surface area contributed by atoms with Gasteiger partial charge in [-0.25, -0.2) is 18.4 Å². The second kappa shape index (κ2) is 19.5. The highest BCUT2D eigenvalue weighted by Crippen LogP contribution is 2.34. The summed E-state index contributed by atoms with van der Waals surface area (Å²) in [5.74, 6) is -2.19. The van der Waals surface area contributed by atoms with Gasteiger partial charge in [-0.2, -0.15) is 0 Å². The fraction of sp³-hybridized carbons (Fsp3) is 0.289. The number of fused-ring (bicyclic) bond motifs is 2. The van der Waals surface area contributed by atoms with E-state index in [1.807, 2.05) is 9.80 Å². The summed E-state index contributed by atoms with van der Waals surface area (Å²) in [5.41, 5.74) is 1.32. The molecule has 2 atom stereocenters. The van der Waals surface area contributed by atoms with Crippen molar-refractivity contribution in [2.45, 2.75) is 25.9 Å². The Balaban J connectivity index is 0.000000189. The maximum Gasteiger partial charge on any atom is 0.337 e. The monoisotopic (exact) mass is 906 g/mol. The maximum atomic E-state index is 14.5. The number of rotatable bonds is 10. The number of benzene rings is 4. The van der Waals surface area contributed by atoms with E-state index in [-0.39, 0.29) is 59.8 Å². The van der Waals surface area contributed by atoms with Crippen LogP contribution < -0.4 is 31.3 Å². The number of halogens is 4. The first-order valence-electron chi connectivity index (χ1n) is 19.9. The lowest BCUT2D eigenvalue weighted by Crippen LogP contribution is -2.36. The molecule has 3 N–H and O–H groups in total. The van der Waals surface area contributed by atoms with Crippen LogP contribution in [0.4, 0.5) is 31.9 Å². The lowest BCUT2D eigenvalue weighted by molar-refractivity contribution is 0.0599. The summed E-state index contributed by atoms with van der Waals surface area (Å²) in [6.07, 6.45) is 0. The van der Waals surface area contributed by atoms with Gasteiger partial charge in [-0.3, -0.25) is 9.59 Å². The second-order valence-electron chi connectivity index (χ2n) is 14.7. The fourth-order valence-electron chi connectivity index (χ4n) is 7.28. The number of aromatic carboxylic acids is 1. The normalized spacial score (nSPS) is 15.0. The minimum atomic E-state index is -1.18. The first kappa shape index (κ1) is 44.8.